The molecular formula is C30H30N2O3S. The molecule has 0 aliphatic carbocycles. The minimum absolute atomic E-state index is 0.121. The summed E-state index contributed by atoms with van der Waals surface area (Å²) in [6, 6.07) is 28.2. The number of rotatable bonds is 10. The molecule has 1 heterocycles. The van der Waals surface area contributed by atoms with Crippen LogP contribution in [0.15, 0.2) is 96.4 Å². The Hall–Kier alpha value is -3.90. The molecular weight excluding hydrogens is 468 g/mol. The highest BCUT2D eigenvalue weighted by Crippen LogP contribution is 2.29. The van der Waals surface area contributed by atoms with Crippen LogP contribution in [0.1, 0.15) is 33.2 Å². The highest BCUT2D eigenvalue weighted by Gasteiger charge is 2.32. The van der Waals surface area contributed by atoms with E-state index in [-0.39, 0.29) is 24.8 Å². The fourth-order valence-electron chi connectivity index (χ4n) is 4.11. The summed E-state index contributed by atoms with van der Waals surface area (Å²) in [5.41, 5.74) is 3.69. The second-order valence-corrected chi connectivity index (χ2v) is 9.64. The van der Waals surface area contributed by atoms with Crippen LogP contribution in [-0.4, -0.2) is 23.8 Å². The van der Waals surface area contributed by atoms with Crippen molar-refractivity contribution < 1.29 is 14.3 Å². The van der Waals surface area contributed by atoms with Crippen LogP contribution >= 0.6 is 11.3 Å². The highest BCUT2D eigenvalue weighted by molar-refractivity contribution is 7.10. The van der Waals surface area contributed by atoms with Crippen LogP contribution in [0.25, 0.3) is 0 Å². The standard InChI is InChI=1S/C30H30N2O3S/c1-22-14-16-24(17-15-22)29(30(34)31-20-23-9-4-3-5-10-23)32(28(33)19-26-12-8-18-36-26)21-25-11-6-7-13-27(25)35-2/h3-18,29H,19-21H2,1-2H3,(H,31,34). The quantitative estimate of drug-likeness (QED) is 0.305. The molecule has 1 aromatic heterocycles. The number of carbonyl (C=O) groups is 2. The predicted molar refractivity (Wildman–Crippen MR) is 144 cm³/mol. The number of aryl methyl sites for hydroxylation is 1. The maximum atomic E-state index is 13.8. The zero-order chi connectivity index (χ0) is 25.3. The topological polar surface area (TPSA) is 58.6 Å². The number of ether oxygens (including phenoxy) is 1. The molecule has 3 aromatic carbocycles. The van der Waals surface area contributed by atoms with Gasteiger partial charge < -0.3 is 15.0 Å². The normalized spacial score (nSPS) is 11.5. The fourth-order valence-corrected chi connectivity index (χ4v) is 4.80. The van der Waals surface area contributed by atoms with Crippen molar-refractivity contribution in [3.05, 3.63) is 124 Å². The molecule has 6 heteroatoms. The Bertz CT molecular complexity index is 1270. The van der Waals surface area contributed by atoms with Crippen LogP contribution < -0.4 is 10.1 Å². The second-order valence-electron chi connectivity index (χ2n) is 8.61. The number of hydrogen-bond donors (Lipinski definition) is 1. The summed E-state index contributed by atoms with van der Waals surface area (Å²) < 4.78 is 5.56. The van der Waals surface area contributed by atoms with Gasteiger partial charge in [0.05, 0.1) is 20.1 Å². The van der Waals surface area contributed by atoms with Gasteiger partial charge in [-0.15, -0.1) is 11.3 Å². The molecule has 0 aliphatic rings. The van der Waals surface area contributed by atoms with Gasteiger partial charge in [-0.25, -0.2) is 0 Å². The third kappa shape index (κ3) is 6.40. The number of hydrogen-bond acceptors (Lipinski definition) is 4. The summed E-state index contributed by atoms with van der Waals surface area (Å²) in [4.78, 5) is 30.2. The summed E-state index contributed by atoms with van der Waals surface area (Å²) in [6.45, 7) is 2.62. The minimum atomic E-state index is -0.799. The highest BCUT2D eigenvalue weighted by atomic mass is 32.1. The van der Waals surface area contributed by atoms with Crippen molar-refractivity contribution in [2.24, 2.45) is 0 Å². The predicted octanol–water partition coefficient (Wildman–Crippen LogP) is 5.69. The summed E-state index contributed by atoms with van der Waals surface area (Å²) in [5, 5.41) is 5.01. The van der Waals surface area contributed by atoms with E-state index >= 15 is 0 Å². The molecule has 4 aromatic rings. The van der Waals surface area contributed by atoms with Crippen molar-refractivity contribution in [2.45, 2.75) is 32.5 Å². The van der Waals surface area contributed by atoms with E-state index in [4.69, 9.17) is 4.74 Å². The van der Waals surface area contributed by atoms with Crippen LogP contribution in [0, 0.1) is 6.92 Å². The van der Waals surface area contributed by atoms with E-state index in [9.17, 15) is 9.59 Å². The van der Waals surface area contributed by atoms with Crippen molar-refractivity contribution in [1.29, 1.82) is 0 Å². The van der Waals surface area contributed by atoms with E-state index in [0.717, 1.165) is 27.1 Å². The smallest absolute Gasteiger partial charge is 0.247 e. The molecule has 0 saturated heterocycles. The first kappa shape index (κ1) is 25.2. The Morgan fingerprint density at radius 3 is 2.33 bits per heavy atom. The van der Waals surface area contributed by atoms with E-state index in [0.29, 0.717) is 12.3 Å². The molecule has 184 valence electrons. The molecule has 0 aliphatic heterocycles. The van der Waals surface area contributed by atoms with Gasteiger partial charge in [0.15, 0.2) is 0 Å². The summed E-state index contributed by atoms with van der Waals surface area (Å²) >= 11 is 1.54. The largest absolute Gasteiger partial charge is 0.496 e. The van der Waals surface area contributed by atoms with E-state index in [1.54, 1.807) is 12.0 Å². The number of nitrogens with one attached hydrogen (secondary N) is 1. The molecule has 5 nitrogen and oxygen atoms in total. The van der Waals surface area contributed by atoms with E-state index < -0.39 is 6.04 Å². The Labute approximate surface area is 216 Å². The van der Waals surface area contributed by atoms with Crippen LogP contribution in [0.2, 0.25) is 0 Å². The molecule has 1 unspecified atom stereocenters. The lowest BCUT2D eigenvalue weighted by Gasteiger charge is -2.32. The van der Waals surface area contributed by atoms with Gasteiger partial charge in [0.25, 0.3) is 0 Å². The van der Waals surface area contributed by atoms with Gasteiger partial charge in [-0.05, 0) is 35.6 Å². The van der Waals surface area contributed by atoms with Crippen LogP contribution in [0.3, 0.4) is 0 Å². The summed E-state index contributed by atoms with van der Waals surface area (Å²) in [6.07, 6.45) is 0.223. The molecule has 2 amide bonds. The number of amides is 2. The maximum absolute atomic E-state index is 13.8. The molecule has 0 spiro atoms. The van der Waals surface area contributed by atoms with Crippen LogP contribution in [-0.2, 0) is 29.1 Å². The Kier molecular flexibility index (Phi) is 8.53. The van der Waals surface area contributed by atoms with Crippen molar-refractivity contribution >= 4 is 23.2 Å². The number of thiophene rings is 1. The SMILES string of the molecule is COc1ccccc1CN(C(=O)Cc1cccs1)C(C(=O)NCc1ccccc1)c1ccc(C)cc1. The monoisotopic (exact) mass is 498 g/mol. The third-order valence-electron chi connectivity index (χ3n) is 6.02. The van der Waals surface area contributed by atoms with Crippen LogP contribution in [0.5, 0.6) is 5.75 Å². The Morgan fingerprint density at radius 1 is 0.917 bits per heavy atom. The molecule has 1 atom stereocenters. The molecule has 1 N–H and O–H groups in total. The maximum Gasteiger partial charge on any atom is 0.247 e. The van der Waals surface area contributed by atoms with Crippen molar-refractivity contribution in [3.63, 3.8) is 0 Å². The summed E-state index contributed by atoms with van der Waals surface area (Å²) in [7, 11) is 1.61. The Morgan fingerprint density at radius 2 is 1.64 bits per heavy atom. The number of nitrogens with zero attached hydrogens (tertiary/aromatic N) is 1. The van der Waals surface area contributed by atoms with Crippen molar-refractivity contribution in [2.75, 3.05) is 7.11 Å². The lowest BCUT2D eigenvalue weighted by molar-refractivity contribution is -0.141. The van der Waals surface area contributed by atoms with E-state index in [1.807, 2.05) is 103 Å². The van der Waals surface area contributed by atoms with Gasteiger partial charge >= 0.3 is 0 Å². The van der Waals surface area contributed by atoms with Gasteiger partial charge in [-0.2, -0.15) is 0 Å². The van der Waals surface area contributed by atoms with Crippen molar-refractivity contribution in [1.82, 2.24) is 10.2 Å². The molecule has 0 radical (unpaired) electrons. The Balaban J connectivity index is 1.71. The molecule has 0 fully saturated rings. The number of para-hydroxylation sites is 1. The molecule has 0 bridgehead atoms. The second kappa shape index (κ2) is 12.2. The number of carbonyl (C=O) groups excluding carboxylic acids is 2. The van der Waals surface area contributed by atoms with Gasteiger partial charge in [-0.1, -0.05) is 84.4 Å². The van der Waals surface area contributed by atoms with Gasteiger partial charge in [0.2, 0.25) is 11.8 Å². The fraction of sp³-hybridized carbons (Fsp3) is 0.200. The van der Waals surface area contributed by atoms with Gasteiger partial charge in [0.1, 0.15) is 11.8 Å². The van der Waals surface area contributed by atoms with E-state index in [2.05, 4.69) is 5.32 Å². The number of benzene rings is 3. The zero-order valence-electron chi connectivity index (χ0n) is 20.5. The molecule has 36 heavy (non-hydrogen) atoms. The lowest BCUT2D eigenvalue weighted by Crippen LogP contribution is -2.43. The minimum Gasteiger partial charge on any atom is -0.496 e. The lowest BCUT2D eigenvalue weighted by atomic mass is 10.0. The van der Waals surface area contributed by atoms with Crippen LogP contribution in [0.4, 0.5) is 0 Å². The first-order valence-electron chi connectivity index (χ1n) is 11.9. The zero-order valence-corrected chi connectivity index (χ0v) is 21.3. The average Bonchev–Trinajstić information content (AvgIpc) is 3.42. The van der Waals surface area contributed by atoms with Crippen molar-refractivity contribution in [3.8, 4) is 5.75 Å². The average molecular weight is 499 g/mol. The van der Waals surface area contributed by atoms with Gasteiger partial charge in [0, 0.05) is 17.0 Å². The molecule has 0 saturated carbocycles. The number of methoxy groups -OCH3 is 1. The van der Waals surface area contributed by atoms with Gasteiger partial charge in [-0.3, -0.25) is 9.59 Å². The first-order chi connectivity index (χ1) is 17.5. The van der Waals surface area contributed by atoms with E-state index in [1.165, 1.54) is 11.3 Å². The molecule has 4 rings (SSSR count). The third-order valence-corrected chi connectivity index (χ3v) is 6.90. The first-order valence-corrected chi connectivity index (χ1v) is 12.7. The summed E-state index contributed by atoms with van der Waals surface area (Å²) in [5.74, 6) is 0.333.